The average molecular weight is 457 g/mol. The minimum atomic E-state index is -1.32. The van der Waals surface area contributed by atoms with E-state index in [4.69, 9.17) is 11.1 Å². The SMILES string of the molecule is N#CC(N=Nc1ccccc1)C(=N)N=C(N)c1nn(Cc2ccccc2F)c2ncc(F)cc12. The van der Waals surface area contributed by atoms with Gasteiger partial charge in [-0.3, -0.25) is 5.41 Å². The second-order valence-electron chi connectivity index (χ2n) is 7.09. The molecule has 4 rings (SSSR count). The molecule has 0 spiro atoms. The minimum Gasteiger partial charge on any atom is -0.382 e. The summed E-state index contributed by atoms with van der Waals surface area (Å²) in [5.41, 5.74) is 7.22. The van der Waals surface area contributed by atoms with E-state index >= 15 is 0 Å². The molecule has 1 atom stereocenters. The Morgan fingerprint density at radius 1 is 1.15 bits per heavy atom. The molecule has 2 heterocycles. The lowest BCUT2D eigenvalue weighted by molar-refractivity contribution is 0.588. The quantitative estimate of drug-likeness (QED) is 0.255. The third-order valence-electron chi connectivity index (χ3n) is 4.74. The number of rotatable bonds is 6. The number of nitrogens with two attached hydrogens (primary N) is 1. The van der Waals surface area contributed by atoms with E-state index in [1.165, 1.54) is 16.8 Å². The fourth-order valence-electron chi connectivity index (χ4n) is 3.13. The van der Waals surface area contributed by atoms with Gasteiger partial charge in [-0.05, 0) is 24.3 Å². The minimum absolute atomic E-state index is 0.0125. The number of fused-ring (bicyclic) bond motifs is 1. The smallest absolute Gasteiger partial charge is 0.216 e. The predicted molar refractivity (Wildman–Crippen MR) is 122 cm³/mol. The molecular formula is C23H17F2N9. The number of aromatic nitrogens is 3. The molecule has 34 heavy (non-hydrogen) atoms. The first-order valence-corrected chi connectivity index (χ1v) is 10.00. The molecule has 3 N–H and O–H groups in total. The van der Waals surface area contributed by atoms with Crippen molar-refractivity contribution in [2.45, 2.75) is 12.6 Å². The molecule has 0 aliphatic heterocycles. The molecule has 0 radical (unpaired) electrons. The van der Waals surface area contributed by atoms with Gasteiger partial charge in [0, 0.05) is 5.56 Å². The van der Waals surface area contributed by atoms with Gasteiger partial charge in [-0.2, -0.15) is 20.6 Å². The lowest BCUT2D eigenvalue weighted by Gasteiger charge is -2.04. The van der Waals surface area contributed by atoms with Crippen LogP contribution in [0.15, 0.2) is 82.1 Å². The number of amidine groups is 2. The fraction of sp³-hybridized carbons (Fsp3) is 0.0870. The number of aliphatic imine (C=N–C) groups is 1. The van der Waals surface area contributed by atoms with Gasteiger partial charge in [-0.15, -0.1) is 0 Å². The Morgan fingerprint density at radius 2 is 1.88 bits per heavy atom. The van der Waals surface area contributed by atoms with Crippen LogP contribution in [0.4, 0.5) is 14.5 Å². The average Bonchev–Trinajstić information content (AvgIpc) is 3.19. The van der Waals surface area contributed by atoms with Crippen molar-refractivity contribution in [3.05, 3.63) is 89.8 Å². The summed E-state index contributed by atoms with van der Waals surface area (Å²) in [4.78, 5) is 8.01. The number of hydrogen-bond donors (Lipinski definition) is 2. The van der Waals surface area contributed by atoms with Gasteiger partial charge in [0.05, 0.1) is 29.9 Å². The van der Waals surface area contributed by atoms with Crippen LogP contribution in [0.1, 0.15) is 11.3 Å². The van der Waals surface area contributed by atoms with Crippen LogP contribution in [-0.4, -0.2) is 32.5 Å². The van der Waals surface area contributed by atoms with Gasteiger partial charge in [-0.1, -0.05) is 36.4 Å². The Hall–Kier alpha value is -4.85. The molecule has 1 unspecified atom stereocenters. The summed E-state index contributed by atoms with van der Waals surface area (Å²) >= 11 is 0. The fourth-order valence-corrected chi connectivity index (χ4v) is 3.13. The van der Waals surface area contributed by atoms with Crippen LogP contribution in [0.3, 0.4) is 0 Å². The van der Waals surface area contributed by atoms with Crippen LogP contribution in [0.5, 0.6) is 0 Å². The van der Waals surface area contributed by atoms with Gasteiger partial charge < -0.3 is 5.73 Å². The molecule has 0 aliphatic carbocycles. The molecule has 9 nitrogen and oxygen atoms in total. The molecule has 4 aromatic rings. The molecule has 0 bridgehead atoms. The normalized spacial score (nSPS) is 12.7. The molecule has 2 aromatic heterocycles. The first kappa shape index (κ1) is 22.3. The van der Waals surface area contributed by atoms with Gasteiger partial charge in [0.15, 0.2) is 17.3 Å². The summed E-state index contributed by atoms with van der Waals surface area (Å²) in [6, 6.07) is 16.5. The number of nitrogens with one attached hydrogen (secondary N) is 1. The summed E-state index contributed by atoms with van der Waals surface area (Å²) in [6.07, 6.45) is 1.01. The Labute approximate surface area is 192 Å². The van der Waals surface area contributed by atoms with Crippen LogP contribution in [0, 0.1) is 28.4 Å². The Balaban J connectivity index is 1.67. The summed E-state index contributed by atoms with van der Waals surface area (Å²) in [7, 11) is 0. The Kier molecular flexibility index (Phi) is 6.40. The summed E-state index contributed by atoms with van der Waals surface area (Å²) in [5.74, 6) is -1.78. The zero-order chi connectivity index (χ0) is 24.1. The number of hydrogen-bond acceptors (Lipinski definition) is 6. The number of nitrogens with zero attached hydrogens (tertiary/aromatic N) is 7. The van der Waals surface area contributed by atoms with Crippen LogP contribution in [-0.2, 0) is 6.54 Å². The molecule has 11 heteroatoms. The number of benzene rings is 2. The lowest BCUT2D eigenvalue weighted by atomic mass is 10.2. The largest absolute Gasteiger partial charge is 0.382 e. The summed E-state index contributed by atoms with van der Waals surface area (Å²) in [5, 5.41) is 29.9. The van der Waals surface area contributed by atoms with Gasteiger partial charge in [-0.25, -0.2) is 23.4 Å². The molecule has 0 amide bonds. The van der Waals surface area contributed by atoms with Gasteiger partial charge in [0.2, 0.25) is 6.04 Å². The first-order chi connectivity index (χ1) is 16.5. The van der Waals surface area contributed by atoms with Crippen LogP contribution in [0.25, 0.3) is 11.0 Å². The number of azo groups is 1. The van der Waals surface area contributed by atoms with E-state index in [1.54, 1.807) is 48.5 Å². The summed E-state index contributed by atoms with van der Waals surface area (Å²) in [6.45, 7) is 0.0125. The summed E-state index contributed by atoms with van der Waals surface area (Å²) < 4.78 is 29.5. The van der Waals surface area contributed by atoms with E-state index in [0.717, 1.165) is 6.20 Å². The maximum absolute atomic E-state index is 14.2. The zero-order valence-corrected chi connectivity index (χ0v) is 17.6. The molecule has 2 aromatic carbocycles. The van der Waals surface area contributed by atoms with E-state index in [9.17, 15) is 14.0 Å². The van der Waals surface area contributed by atoms with Crippen molar-refractivity contribution in [2.75, 3.05) is 0 Å². The monoisotopic (exact) mass is 457 g/mol. The molecule has 0 saturated heterocycles. The Bertz CT molecular complexity index is 1450. The van der Waals surface area contributed by atoms with Gasteiger partial charge in [0.25, 0.3) is 0 Å². The number of halogens is 2. The van der Waals surface area contributed by atoms with Crippen molar-refractivity contribution in [1.29, 1.82) is 10.7 Å². The van der Waals surface area contributed by atoms with Crippen LogP contribution < -0.4 is 5.73 Å². The molecular weight excluding hydrogens is 440 g/mol. The first-order valence-electron chi connectivity index (χ1n) is 10.00. The highest BCUT2D eigenvalue weighted by Gasteiger charge is 2.19. The predicted octanol–water partition coefficient (Wildman–Crippen LogP) is 4.12. The van der Waals surface area contributed by atoms with E-state index in [0.29, 0.717) is 11.3 Å². The van der Waals surface area contributed by atoms with Crippen molar-refractivity contribution in [3.8, 4) is 6.07 Å². The molecule has 168 valence electrons. The van der Waals surface area contributed by atoms with Crippen molar-refractivity contribution in [2.24, 2.45) is 21.0 Å². The van der Waals surface area contributed by atoms with E-state index in [-0.39, 0.29) is 29.1 Å². The van der Waals surface area contributed by atoms with Crippen molar-refractivity contribution < 1.29 is 8.78 Å². The third kappa shape index (κ3) is 4.81. The number of pyridine rings is 1. The number of nitriles is 1. The highest BCUT2D eigenvalue weighted by Crippen LogP contribution is 2.20. The van der Waals surface area contributed by atoms with E-state index in [2.05, 4.69) is 25.3 Å². The topological polar surface area (TPSA) is 141 Å². The molecule has 0 aliphatic rings. The van der Waals surface area contributed by atoms with Crippen LogP contribution >= 0.6 is 0 Å². The van der Waals surface area contributed by atoms with E-state index in [1.807, 2.05) is 6.07 Å². The standard InChI is InChI=1S/C23H17F2N9/c24-15-10-17-20(33-34(23(17)29-12-15)13-14-6-4-5-9-18(14)25)22(28)30-21(27)19(11-26)32-31-16-7-2-1-3-8-16/h1-10,12,19H,13H2,(H3,27,28,30). The van der Waals surface area contributed by atoms with Gasteiger partial charge >= 0.3 is 0 Å². The lowest BCUT2D eigenvalue weighted by Crippen LogP contribution is -2.21. The van der Waals surface area contributed by atoms with Crippen molar-refractivity contribution in [1.82, 2.24) is 14.8 Å². The van der Waals surface area contributed by atoms with Crippen LogP contribution in [0.2, 0.25) is 0 Å². The highest BCUT2D eigenvalue weighted by atomic mass is 19.1. The third-order valence-corrected chi connectivity index (χ3v) is 4.74. The second kappa shape index (κ2) is 9.74. The van der Waals surface area contributed by atoms with E-state index < -0.39 is 23.5 Å². The molecule has 0 fully saturated rings. The highest BCUT2D eigenvalue weighted by molar-refractivity contribution is 6.11. The van der Waals surface area contributed by atoms with Gasteiger partial charge in [0.1, 0.15) is 17.3 Å². The Morgan fingerprint density at radius 3 is 2.62 bits per heavy atom. The zero-order valence-electron chi connectivity index (χ0n) is 17.6. The van der Waals surface area contributed by atoms with Crippen molar-refractivity contribution >= 4 is 28.4 Å². The van der Waals surface area contributed by atoms with Crippen molar-refractivity contribution in [3.63, 3.8) is 0 Å². The second-order valence-corrected chi connectivity index (χ2v) is 7.09. The maximum atomic E-state index is 14.2. The molecule has 0 saturated carbocycles. The maximum Gasteiger partial charge on any atom is 0.216 e.